The van der Waals surface area contributed by atoms with Crippen LogP contribution in [-0.2, 0) is 4.74 Å². The predicted molar refractivity (Wildman–Crippen MR) is 49.0 cm³/mol. The Morgan fingerprint density at radius 2 is 2.17 bits per heavy atom. The van der Waals surface area contributed by atoms with Crippen molar-refractivity contribution < 1.29 is 4.74 Å². The minimum Gasteiger partial charge on any atom is -0.396 e. The number of methoxy groups -OCH3 is 1. The monoisotopic (exact) mass is 185 g/mol. The van der Waals surface area contributed by atoms with Crippen LogP contribution >= 0.6 is 11.8 Å². The molecule has 0 amide bonds. The number of rotatable bonds is 4. The summed E-state index contributed by atoms with van der Waals surface area (Å²) < 4.78 is 4.89. The highest BCUT2D eigenvalue weighted by Crippen LogP contribution is 2.11. The number of thioether (sulfide) groups is 1. The number of anilines is 1. The molecule has 66 valence electrons. The van der Waals surface area contributed by atoms with Crippen molar-refractivity contribution in [2.24, 2.45) is 0 Å². The molecule has 2 N–H and O–H groups in total. The zero-order valence-corrected chi connectivity index (χ0v) is 7.67. The molecule has 1 aromatic rings. The van der Waals surface area contributed by atoms with Gasteiger partial charge in [-0.15, -0.1) is 0 Å². The van der Waals surface area contributed by atoms with E-state index in [4.69, 9.17) is 10.5 Å². The van der Waals surface area contributed by atoms with Crippen LogP contribution in [-0.4, -0.2) is 29.4 Å². The Morgan fingerprint density at radius 3 is 2.75 bits per heavy atom. The highest BCUT2D eigenvalue weighted by Gasteiger charge is 1.95. The molecule has 5 heteroatoms. The fraction of sp³-hybridized carbons (Fsp3) is 0.429. The Labute approximate surface area is 75.5 Å². The van der Waals surface area contributed by atoms with E-state index in [9.17, 15) is 0 Å². The first-order chi connectivity index (χ1) is 5.83. The van der Waals surface area contributed by atoms with Crippen LogP contribution in [0.15, 0.2) is 17.6 Å². The van der Waals surface area contributed by atoms with Gasteiger partial charge in [-0.05, 0) is 0 Å². The van der Waals surface area contributed by atoms with Gasteiger partial charge in [-0.3, -0.25) is 0 Å². The van der Waals surface area contributed by atoms with E-state index >= 15 is 0 Å². The normalized spacial score (nSPS) is 10.1. The van der Waals surface area contributed by atoms with Gasteiger partial charge in [-0.25, -0.2) is 9.97 Å². The Bertz CT molecular complexity index is 227. The molecule has 0 saturated heterocycles. The van der Waals surface area contributed by atoms with Crippen LogP contribution < -0.4 is 5.73 Å². The summed E-state index contributed by atoms with van der Waals surface area (Å²) in [5.41, 5.74) is 6.01. The topological polar surface area (TPSA) is 61.0 Å². The number of hydrogen-bond acceptors (Lipinski definition) is 5. The van der Waals surface area contributed by atoms with E-state index in [2.05, 4.69) is 9.97 Å². The molecular formula is C7H11N3OS. The third kappa shape index (κ3) is 3.06. The summed E-state index contributed by atoms with van der Waals surface area (Å²) in [5.74, 6) is 0.862. The molecule has 0 aliphatic heterocycles. The molecule has 0 aliphatic rings. The van der Waals surface area contributed by atoms with Crippen molar-refractivity contribution in [1.29, 1.82) is 0 Å². The standard InChI is InChI=1S/C7H11N3OS/c1-11-2-3-12-7-9-4-6(8)5-10-7/h4-5H,2-3,8H2,1H3. The Morgan fingerprint density at radius 1 is 1.50 bits per heavy atom. The summed E-state index contributed by atoms with van der Waals surface area (Å²) in [7, 11) is 1.67. The Hall–Kier alpha value is -0.810. The lowest BCUT2D eigenvalue weighted by Crippen LogP contribution is -1.95. The van der Waals surface area contributed by atoms with Gasteiger partial charge in [0.25, 0.3) is 0 Å². The second-order valence-corrected chi connectivity index (χ2v) is 3.20. The first kappa shape index (κ1) is 9.28. The largest absolute Gasteiger partial charge is 0.396 e. The Kier molecular flexibility index (Phi) is 3.83. The predicted octanol–water partition coefficient (Wildman–Crippen LogP) is 0.797. The molecule has 0 saturated carbocycles. The van der Waals surface area contributed by atoms with Crippen molar-refractivity contribution in [3.8, 4) is 0 Å². The second-order valence-electron chi connectivity index (χ2n) is 2.14. The van der Waals surface area contributed by atoms with Crippen LogP contribution in [0.25, 0.3) is 0 Å². The van der Waals surface area contributed by atoms with Gasteiger partial charge in [-0.1, -0.05) is 11.8 Å². The SMILES string of the molecule is COCCSc1ncc(N)cn1. The summed E-state index contributed by atoms with van der Waals surface area (Å²) in [6.45, 7) is 0.707. The van der Waals surface area contributed by atoms with Crippen LogP contribution in [0, 0.1) is 0 Å². The lowest BCUT2D eigenvalue weighted by molar-refractivity contribution is 0.218. The van der Waals surface area contributed by atoms with Crippen molar-refractivity contribution in [1.82, 2.24) is 9.97 Å². The molecule has 0 bridgehead atoms. The van der Waals surface area contributed by atoms with Crippen LogP contribution in [0.5, 0.6) is 0 Å². The number of hydrogen-bond donors (Lipinski definition) is 1. The lowest BCUT2D eigenvalue weighted by atomic mass is 10.6. The smallest absolute Gasteiger partial charge is 0.187 e. The number of aromatic nitrogens is 2. The number of ether oxygens (including phenoxy) is 1. The first-order valence-corrected chi connectivity index (χ1v) is 4.50. The summed E-state index contributed by atoms with van der Waals surface area (Å²) >= 11 is 1.55. The maximum Gasteiger partial charge on any atom is 0.187 e. The zero-order valence-electron chi connectivity index (χ0n) is 6.86. The molecule has 0 aromatic carbocycles. The molecule has 0 radical (unpaired) electrons. The molecule has 0 unspecified atom stereocenters. The van der Waals surface area contributed by atoms with Crippen molar-refractivity contribution in [2.45, 2.75) is 5.16 Å². The highest BCUT2D eigenvalue weighted by atomic mass is 32.2. The number of nitrogens with two attached hydrogens (primary N) is 1. The van der Waals surface area contributed by atoms with Gasteiger partial charge in [0.15, 0.2) is 5.16 Å². The fourth-order valence-electron chi connectivity index (χ4n) is 0.617. The van der Waals surface area contributed by atoms with E-state index in [0.29, 0.717) is 12.3 Å². The summed E-state index contributed by atoms with van der Waals surface area (Å²) in [6, 6.07) is 0. The van der Waals surface area contributed by atoms with Crippen LogP contribution in [0.1, 0.15) is 0 Å². The second kappa shape index (κ2) is 4.95. The van der Waals surface area contributed by atoms with E-state index in [1.165, 1.54) is 0 Å². The van der Waals surface area contributed by atoms with Crippen molar-refractivity contribution >= 4 is 17.4 Å². The third-order valence-electron chi connectivity index (χ3n) is 1.17. The lowest BCUT2D eigenvalue weighted by Gasteiger charge is -1.98. The highest BCUT2D eigenvalue weighted by molar-refractivity contribution is 7.99. The van der Waals surface area contributed by atoms with Crippen molar-refractivity contribution in [3.63, 3.8) is 0 Å². The minimum absolute atomic E-state index is 0.589. The molecular weight excluding hydrogens is 174 g/mol. The van der Waals surface area contributed by atoms with E-state index in [0.717, 1.165) is 10.9 Å². The summed E-state index contributed by atoms with van der Waals surface area (Å²) in [6.07, 6.45) is 3.20. The van der Waals surface area contributed by atoms with Gasteiger partial charge in [0.2, 0.25) is 0 Å². The van der Waals surface area contributed by atoms with E-state index in [-0.39, 0.29) is 0 Å². The van der Waals surface area contributed by atoms with Gasteiger partial charge in [0.1, 0.15) is 0 Å². The fourth-order valence-corrected chi connectivity index (χ4v) is 1.30. The van der Waals surface area contributed by atoms with E-state index in [1.54, 1.807) is 31.3 Å². The van der Waals surface area contributed by atoms with Crippen molar-refractivity contribution in [3.05, 3.63) is 12.4 Å². The summed E-state index contributed by atoms with van der Waals surface area (Å²) in [4.78, 5) is 8.04. The summed E-state index contributed by atoms with van der Waals surface area (Å²) in [5, 5.41) is 0.737. The average Bonchev–Trinajstić information content (AvgIpc) is 2.09. The average molecular weight is 185 g/mol. The van der Waals surface area contributed by atoms with Gasteiger partial charge in [-0.2, -0.15) is 0 Å². The number of nitrogens with zero attached hydrogens (tertiary/aromatic N) is 2. The number of nitrogen functional groups attached to an aromatic ring is 1. The van der Waals surface area contributed by atoms with E-state index in [1.807, 2.05) is 0 Å². The maximum absolute atomic E-state index is 5.42. The minimum atomic E-state index is 0.589. The first-order valence-electron chi connectivity index (χ1n) is 3.52. The molecule has 1 aromatic heterocycles. The van der Waals surface area contributed by atoms with Gasteiger partial charge >= 0.3 is 0 Å². The Balaban J connectivity index is 2.37. The van der Waals surface area contributed by atoms with Gasteiger partial charge in [0.05, 0.1) is 24.7 Å². The zero-order chi connectivity index (χ0) is 8.81. The van der Waals surface area contributed by atoms with Crippen LogP contribution in [0.3, 0.4) is 0 Å². The third-order valence-corrected chi connectivity index (χ3v) is 2.01. The quantitative estimate of drug-likeness (QED) is 0.427. The molecule has 0 aliphatic carbocycles. The molecule has 4 nitrogen and oxygen atoms in total. The van der Waals surface area contributed by atoms with Crippen molar-refractivity contribution in [2.75, 3.05) is 25.2 Å². The van der Waals surface area contributed by atoms with Gasteiger partial charge in [0, 0.05) is 12.9 Å². The van der Waals surface area contributed by atoms with Crippen LogP contribution in [0.2, 0.25) is 0 Å². The molecule has 0 fully saturated rings. The molecule has 12 heavy (non-hydrogen) atoms. The molecule has 0 atom stereocenters. The van der Waals surface area contributed by atoms with Crippen LogP contribution in [0.4, 0.5) is 5.69 Å². The molecule has 0 spiro atoms. The maximum atomic E-state index is 5.42. The molecule has 1 heterocycles. The van der Waals surface area contributed by atoms with Gasteiger partial charge < -0.3 is 10.5 Å². The molecule has 1 rings (SSSR count). The van der Waals surface area contributed by atoms with E-state index < -0.39 is 0 Å².